The molecule has 0 atom stereocenters. The van der Waals surface area contributed by atoms with Gasteiger partial charge in [-0.25, -0.2) is 4.79 Å². The molecule has 1 aromatic rings. The lowest BCUT2D eigenvalue weighted by Gasteiger charge is -2.14. The van der Waals surface area contributed by atoms with Crippen LogP contribution >= 0.6 is 0 Å². The normalized spacial score (nSPS) is 10.4. The molecular weight excluding hydrogens is 254 g/mol. The van der Waals surface area contributed by atoms with Gasteiger partial charge in [-0.2, -0.15) is 0 Å². The van der Waals surface area contributed by atoms with Crippen molar-refractivity contribution in [1.29, 1.82) is 0 Å². The zero-order valence-corrected chi connectivity index (χ0v) is 12.7. The lowest BCUT2D eigenvalue weighted by atomic mass is 10.1. The van der Waals surface area contributed by atoms with Crippen molar-refractivity contribution in [3.05, 3.63) is 34.9 Å². The Kier molecular flexibility index (Phi) is 6.22. The molecule has 0 unspecified atom stereocenters. The highest BCUT2D eigenvalue weighted by atomic mass is 16.5. The molecule has 0 aliphatic heterocycles. The summed E-state index contributed by atoms with van der Waals surface area (Å²) >= 11 is 0. The highest BCUT2D eigenvalue weighted by Gasteiger charge is 2.14. The van der Waals surface area contributed by atoms with E-state index in [2.05, 4.69) is 5.32 Å². The number of aryl methyl sites for hydroxylation is 2. The Morgan fingerprint density at radius 3 is 2.45 bits per heavy atom. The third-order valence-electron chi connectivity index (χ3n) is 3.30. The van der Waals surface area contributed by atoms with E-state index in [4.69, 9.17) is 4.74 Å². The molecule has 0 aromatic heterocycles. The molecule has 110 valence electrons. The maximum atomic E-state index is 11.9. The van der Waals surface area contributed by atoms with Crippen molar-refractivity contribution in [1.82, 2.24) is 5.32 Å². The minimum Gasteiger partial charge on any atom is -0.452 e. The maximum Gasteiger partial charge on any atom is 0.338 e. The molecule has 0 saturated carbocycles. The number of benzene rings is 1. The summed E-state index contributed by atoms with van der Waals surface area (Å²) in [7, 11) is 0. The van der Waals surface area contributed by atoms with E-state index < -0.39 is 5.97 Å². The fourth-order valence-electron chi connectivity index (χ4n) is 1.93. The molecule has 1 amide bonds. The summed E-state index contributed by atoms with van der Waals surface area (Å²) in [5, 5.41) is 2.83. The van der Waals surface area contributed by atoms with Gasteiger partial charge in [-0.15, -0.1) is 0 Å². The van der Waals surface area contributed by atoms with E-state index in [-0.39, 0.29) is 18.6 Å². The van der Waals surface area contributed by atoms with Crippen molar-refractivity contribution in [2.24, 2.45) is 0 Å². The number of esters is 1. The highest BCUT2D eigenvalue weighted by molar-refractivity contribution is 5.92. The molecule has 1 rings (SSSR count). The van der Waals surface area contributed by atoms with Gasteiger partial charge >= 0.3 is 5.97 Å². The Morgan fingerprint density at radius 2 is 1.85 bits per heavy atom. The molecule has 0 bridgehead atoms. The van der Waals surface area contributed by atoms with Gasteiger partial charge in [-0.1, -0.05) is 31.5 Å². The van der Waals surface area contributed by atoms with Gasteiger partial charge in [0.25, 0.3) is 5.91 Å². The van der Waals surface area contributed by atoms with E-state index in [9.17, 15) is 9.59 Å². The van der Waals surface area contributed by atoms with E-state index >= 15 is 0 Å². The minimum absolute atomic E-state index is 0.141. The number of amides is 1. The van der Waals surface area contributed by atoms with Crippen LogP contribution in [0.1, 0.15) is 48.2 Å². The third kappa shape index (κ3) is 4.68. The van der Waals surface area contributed by atoms with Crippen LogP contribution in [0.2, 0.25) is 0 Å². The van der Waals surface area contributed by atoms with Crippen molar-refractivity contribution in [2.45, 2.75) is 46.6 Å². The number of nitrogens with one attached hydrogen (secondary N) is 1. The molecule has 0 saturated heterocycles. The van der Waals surface area contributed by atoms with Crippen LogP contribution in [0.5, 0.6) is 0 Å². The molecule has 1 N–H and O–H groups in total. The summed E-state index contributed by atoms with van der Waals surface area (Å²) in [5.41, 5.74) is 2.35. The first-order valence-electron chi connectivity index (χ1n) is 7.01. The fourth-order valence-corrected chi connectivity index (χ4v) is 1.93. The van der Waals surface area contributed by atoms with Crippen LogP contribution in [0.25, 0.3) is 0 Å². The monoisotopic (exact) mass is 277 g/mol. The first-order chi connectivity index (χ1) is 9.47. The van der Waals surface area contributed by atoms with Gasteiger partial charge in [0.15, 0.2) is 6.61 Å². The predicted molar refractivity (Wildman–Crippen MR) is 78.7 cm³/mol. The largest absolute Gasteiger partial charge is 0.452 e. The Bertz CT molecular complexity index is 479. The van der Waals surface area contributed by atoms with Crippen molar-refractivity contribution in [3.63, 3.8) is 0 Å². The average Bonchev–Trinajstić information content (AvgIpc) is 2.44. The van der Waals surface area contributed by atoms with E-state index in [1.165, 1.54) is 0 Å². The van der Waals surface area contributed by atoms with Gasteiger partial charge in [0.05, 0.1) is 5.56 Å². The Morgan fingerprint density at radius 1 is 1.20 bits per heavy atom. The number of carbonyl (C=O) groups excluding carboxylic acids is 2. The average molecular weight is 277 g/mol. The van der Waals surface area contributed by atoms with E-state index in [1.54, 1.807) is 6.07 Å². The maximum absolute atomic E-state index is 11.9. The molecule has 20 heavy (non-hydrogen) atoms. The van der Waals surface area contributed by atoms with E-state index in [1.807, 2.05) is 39.8 Å². The SMILES string of the molecule is CCC(CC)NC(=O)COC(=O)c1cc(C)ccc1C. The molecular formula is C16H23NO3. The standard InChI is InChI=1S/C16H23NO3/c1-5-13(6-2)17-15(18)10-20-16(19)14-9-11(3)7-8-12(14)4/h7-9,13H,5-6,10H2,1-4H3,(H,17,18). The second-order valence-corrected chi connectivity index (χ2v) is 4.98. The quantitative estimate of drug-likeness (QED) is 0.813. The van der Waals surface area contributed by atoms with Crippen LogP contribution in [0.15, 0.2) is 18.2 Å². The summed E-state index contributed by atoms with van der Waals surface area (Å²) in [5.74, 6) is -0.705. The zero-order valence-electron chi connectivity index (χ0n) is 12.7. The van der Waals surface area contributed by atoms with E-state index in [0.717, 1.165) is 24.0 Å². The molecule has 0 heterocycles. The number of hydrogen-bond donors (Lipinski definition) is 1. The second kappa shape index (κ2) is 7.68. The highest BCUT2D eigenvalue weighted by Crippen LogP contribution is 2.11. The number of ether oxygens (including phenoxy) is 1. The van der Waals surface area contributed by atoms with Crippen molar-refractivity contribution >= 4 is 11.9 Å². The van der Waals surface area contributed by atoms with E-state index in [0.29, 0.717) is 5.56 Å². The topological polar surface area (TPSA) is 55.4 Å². The summed E-state index contributed by atoms with van der Waals surface area (Å²) in [4.78, 5) is 23.6. The lowest BCUT2D eigenvalue weighted by Crippen LogP contribution is -2.36. The fraction of sp³-hybridized carbons (Fsp3) is 0.500. The smallest absolute Gasteiger partial charge is 0.338 e. The minimum atomic E-state index is -0.453. The van der Waals surface area contributed by atoms with Gasteiger partial charge in [-0.3, -0.25) is 4.79 Å². The van der Waals surface area contributed by atoms with Crippen molar-refractivity contribution in [2.75, 3.05) is 6.61 Å². The molecule has 0 aliphatic carbocycles. The van der Waals surface area contributed by atoms with Crippen LogP contribution in [0.4, 0.5) is 0 Å². The van der Waals surface area contributed by atoms with Gasteiger partial charge in [0.1, 0.15) is 0 Å². The summed E-state index contributed by atoms with van der Waals surface area (Å²) in [6, 6.07) is 5.72. The number of hydrogen-bond acceptors (Lipinski definition) is 3. The molecule has 0 radical (unpaired) electrons. The molecule has 0 spiro atoms. The van der Waals surface area contributed by atoms with Crippen molar-refractivity contribution in [3.8, 4) is 0 Å². The van der Waals surface area contributed by atoms with Crippen LogP contribution in [0, 0.1) is 13.8 Å². The van der Waals surface area contributed by atoms with Crippen molar-refractivity contribution < 1.29 is 14.3 Å². The molecule has 1 aromatic carbocycles. The molecule has 0 fully saturated rings. The Hall–Kier alpha value is -1.84. The van der Waals surface area contributed by atoms with Crippen LogP contribution in [-0.2, 0) is 9.53 Å². The molecule has 4 nitrogen and oxygen atoms in total. The summed E-state index contributed by atoms with van der Waals surface area (Å²) in [6.45, 7) is 7.55. The van der Waals surface area contributed by atoms with Crippen LogP contribution in [-0.4, -0.2) is 24.5 Å². The summed E-state index contributed by atoms with van der Waals surface area (Å²) in [6.07, 6.45) is 1.74. The number of rotatable bonds is 6. The van der Waals surface area contributed by atoms with Gasteiger partial charge in [0, 0.05) is 6.04 Å². The Balaban J connectivity index is 2.55. The zero-order chi connectivity index (χ0) is 15.1. The summed E-state index contributed by atoms with van der Waals surface area (Å²) < 4.78 is 5.06. The second-order valence-electron chi connectivity index (χ2n) is 4.98. The van der Waals surface area contributed by atoms with Crippen LogP contribution in [0.3, 0.4) is 0 Å². The predicted octanol–water partition coefficient (Wildman–Crippen LogP) is 2.77. The van der Waals surface area contributed by atoms with Gasteiger partial charge in [0.2, 0.25) is 0 Å². The van der Waals surface area contributed by atoms with Gasteiger partial charge in [-0.05, 0) is 38.3 Å². The number of carbonyl (C=O) groups is 2. The molecule has 4 heteroatoms. The Labute approximate surface area is 120 Å². The lowest BCUT2D eigenvalue weighted by molar-refractivity contribution is -0.125. The molecule has 0 aliphatic rings. The van der Waals surface area contributed by atoms with Crippen LogP contribution < -0.4 is 5.32 Å². The third-order valence-corrected chi connectivity index (χ3v) is 3.30. The first-order valence-corrected chi connectivity index (χ1v) is 7.01. The van der Waals surface area contributed by atoms with Gasteiger partial charge < -0.3 is 10.1 Å². The first kappa shape index (κ1) is 16.2.